The van der Waals surface area contributed by atoms with E-state index in [1.807, 2.05) is 47.4 Å². The highest BCUT2D eigenvalue weighted by Gasteiger charge is 2.45. The number of hydrogen-bond donors (Lipinski definition) is 1. The minimum absolute atomic E-state index is 0.00467. The molecule has 0 spiro atoms. The van der Waals surface area contributed by atoms with Gasteiger partial charge >= 0.3 is 0 Å². The summed E-state index contributed by atoms with van der Waals surface area (Å²) < 4.78 is 32.2. The molecule has 4 heterocycles. The number of rotatable bonds is 10. The smallest absolute Gasteiger partial charge is 0.188 e. The average Bonchev–Trinajstić information content (AvgIpc) is 3.33. The number of halogens is 1. The highest BCUT2D eigenvalue weighted by atomic mass is 19.1. The van der Waals surface area contributed by atoms with Crippen molar-refractivity contribution in [1.82, 2.24) is 25.3 Å². The van der Waals surface area contributed by atoms with Crippen molar-refractivity contribution in [2.24, 2.45) is 0 Å². The van der Waals surface area contributed by atoms with Crippen LogP contribution in [-0.2, 0) is 9.47 Å². The molecular weight excluding hydrogens is 487 g/mol. The lowest BCUT2D eigenvalue weighted by Crippen LogP contribution is -2.43. The maximum absolute atomic E-state index is 13.3. The van der Waals surface area contributed by atoms with Crippen LogP contribution in [0.15, 0.2) is 42.7 Å². The van der Waals surface area contributed by atoms with Gasteiger partial charge in [0.05, 0.1) is 11.9 Å². The van der Waals surface area contributed by atoms with Gasteiger partial charge in [-0.3, -0.25) is 0 Å². The molecule has 3 aliphatic rings. The van der Waals surface area contributed by atoms with Crippen LogP contribution in [0.3, 0.4) is 0 Å². The van der Waals surface area contributed by atoms with Crippen LogP contribution < -0.4 is 15.0 Å². The van der Waals surface area contributed by atoms with Crippen LogP contribution in [0.25, 0.3) is 22.4 Å². The van der Waals surface area contributed by atoms with E-state index in [0.29, 0.717) is 5.75 Å². The second kappa shape index (κ2) is 11.0. The van der Waals surface area contributed by atoms with Gasteiger partial charge in [-0.15, -0.1) is 10.2 Å². The molecule has 3 aromatic rings. The normalized spacial score (nSPS) is 22.5. The Bertz CT molecular complexity index is 1230. The van der Waals surface area contributed by atoms with Crippen LogP contribution in [0.1, 0.15) is 44.8 Å². The first kappa shape index (κ1) is 25.2. The van der Waals surface area contributed by atoms with E-state index < -0.39 is 0 Å². The molecule has 1 saturated carbocycles. The second-order valence-electron chi connectivity index (χ2n) is 10.6. The Balaban J connectivity index is 1.18. The lowest BCUT2D eigenvalue weighted by atomic mass is 10.0. The van der Waals surface area contributed by atoms with E-state index in [4.69, 9.17) is 14.2 Å². The molecule has 1 aromatic carbocycles. The van der Waals surface area contributed by atoms with E-state index in [9.17, 15) is 4.39 Å². The highest BCUT2D eigenvalue weighted by Crippen LogP contribution is 2.38. The van der Waals surface area contributed by atoms with Gasteiger partial charge in [0.15, 0.2) is 12.6 Å². The molecule has 10 heteroatoms. The topological polar surface area (TPSA) is 86.6 Å². The minimum Gasteiger partial charge on any atom is -0.467 e. The summed E-state index contributed by atoms with van der Waals surface area (Å²) in [4.78, 5) is 2.21. The van der Waals surface area contributed by atoms with Gasteiger partial charge in [0.25, 0.3) is 0 Å². The zero-order chi connectivity index (χ0) is 26.0. The predicted octanol–water partition coefficient (Wildman–Crippen LogP) is 4.36. The summed E-state index contributed by atoms with van der Waals surface area (Å²) in [5.74, 6) is 1.50. The van der Waals surface area contributed by atoms with E-state index in [0.717, 1.165) is 86.4 Å². The number of aromatic nitrogens is 4. The first-order valence-electron chi connectivity index (χ1n) is 13.5. The number of benzene rings is 1. The molecule has 38 heavy (non-hydrogen) atoms. The molecule has 9 nitrogen and oxygen atoms in total. The lowest BCUT2D eigenvalue weighted by Gasteiger charge is -2.22. The third kappa shape index (κ3) is 5.39. The number of alkyl halides is 1. The highest BCUT2D eigenvalue weighted by molar-refractivity contribution is 5.74. The second-order valence-corrected chi connectivity index (χ2v) is 10.6. The number of hydrogen-bond acceptors (Lipinski definition) is 8. The molecule has 0 radical (unpaired) electrons. The number of methoxy groups -OCH3 is 1. The van der Waals surface area contributed by atoms with Crippen molar-refractivity contribution in [2.45, 2.75) is 56.3 Å². The van der Waals surface area contributed by atoms with Gasteiger partial charge in [0.1, 0.15) is 18.7 Å². The van der Waals surface area contributed by atoms with Gasteiger partial charge in [-0.05, 0) is 68.4 Å². The van der Waals surface area contributed by atoms with Crippen LogP contribution in [0.4, 0.5) is 10.2 Å². The summed E-state index contributed by atoms with van der Waals surface area (Å²) >= 11 is 0. The fraction of sp³-hybridized carbons (Fsp3) is 0.536. The van der Waals surface area contributed by atoms with Gasteiger partial charge in [-0.2, -0.15) is 5.10 Å². The van der Waals surface area contributed by atoms with Gasteiger partial charge in [0, 0.05) is 55.7 Å². The van der Waals surface area contributed by atoms with E-state index in [-0.39, 0.29) is 31.3 Å². The molecule has 202 valence electrons. The fourth-order valence-electron chi connectivity index (χ4n) is 5.36. The first-order chi connectivity index (χ1) is 18.7. The first-order valence-corrected chi connectivity index (χ1v) is 13.5. The number of nitrogens with one attached hydrogen (secondary N) is 1. The zero-order valence-corrected chi connectivity index (χ0v) is 21.8. The van der Waals surface area contributed by atoms with Crippen molar-refractivity contribution >= 4 is 5.82 Å². The Kier molecular flexibility index (Phi) is 7.27. The molecule has 2 aliphatic heterocycles. The van der Waals surface area contributed by atoms with E-state index in [1.54, 1.807) is 7.11 Å². The Morgan fingerprint density at radius 2 is 2.05 bits per heavy atom. The summed E-state index contributed by atoms with van der Waals surface area (Å²) in [6.45, 7) is 2.30. The zero-order valence-electron chi connectivity index (χ0n) is 21.8. The third-order valence-corrected chi connectivity index (χ3v) is 7.76. The Morgan fingerprint density at radius 1 is 1.13 bits per heavy atom. The molecule has 6 rings (SSSR count). The van der Waals surface area contributed by atoms with Gasteiger partial charge in [-0.1, -0.05) is 6.07 Å². The molecule has 3 fully saturated rings. The van der Waals surface area contributed by atoms with E-state index >= 15 is 0 Å². The summed E-state index contributed by atoms with van der Waals surface area (Å²) in [7, 11) is 1.60. The number of anilines is 1. The van der Waals surface area contributed by atoms with Crippen molar-refractivity contribution in [2.75, 3.05) is 45.2 Å². The van der Waals surface area contributed by atoms with Crippen LogP contribution >= 0.6 is 0 Å². The molecule has 1 aliphatic carbocycles. The van der Waals surface area contributed by atoms with Crippen molar-refractivity contribution in [1.29, 1.82) is 0 Å². The Hall–Kier alpha value is -3.08. The third-order valence-electron chi connectivity index (χ3n) is 7.76. The maximum Gasteiger partial charge on any atom is 0.188 e. The predicted molar refractivity (Wildman–Crippen MR) is 142 cm³/mol. The van der Waals surface area contributed by atoms with E-state index in [1.165, 1.54) is 0 Å². The molecule has 1 N–H and O–H groups in total. The summed E-state index contributed by atoms with van der Waals surface area (Å²) in [5.41, 5.74) is 3.27. The van der Waals surface area contributed by atoms with E-state index in [2.05, 4.69) is 25.5 Å². The molecule has 2 saturated heterocycles. The van der Waals surface area contributed by atoms with Crippen LogP contribution in [0.2, 0.25) is 0 Å². The van der Waals surface area contributed by atoms with Gasteiger partial charge in [-0.25, -0.2) is 9.07 Å². The Morgan fingerprint density at radius 3 is 2.79 bits per heavy atom. The fourth-order valence-corrected chi connectivity index (χ4v) is 5.36. The SMILES string of the molecule is COCOc1cc(-c2cnn(C3CCCCO3)c2)ccc1-c1ccc(N2CCC(NC3(CF)CC3)C2)nn1. The Labute approximate surface area is 222 Å². The summed E-state index contributed by atoms with van der Waals surface area (Å²) in [6.07, 6.45) is 9.95. The standard InChI is InChI=1S/C28H35FN6O3/c1-36-19-38-25-14-20(21-15-30-35(16-21)27-4-2-3-13-37-27)5-6-23(25)24-7-8-26(33-32-24)34-12-9-22(17-34)31-28(18-29)10-11-28/h5-8,14-16,22,27,31H,2-4,9-13,17-19H2,1H3. The van der Waals surface area contributed by atoms with Gasteiger partial charge < -0.3 is 24.4 Å². The van der Waals surface area contributed by atoms with Crippen LogP contribution in [0.5, 0.6) is 5.75 Å². The molecule has 0 amide bonds. The molecule has 2 unspecified atom stereocenters. The minimum atomic E-state index is -0.290. The van der Waals surface area contributed by atoms with Crippen molar-refractivity contribution in [3.63, 3.8) is 0 Å². The molecule has 2 aromatic heterocycles. The van der Waals surface area contributed by atoms with Gasteiger partial charge in [0.2, 0.25) is 0 Å². The van der Waals surface area contributed by atoms with Crippen LogP contribution in [-0.4, -0.2) is 71.8 Å². The average molecular weight is 523 g/mol. The van der Waals surface area contributed by atoms with Crippen molar-refractivity contribution in [3.05, 3.63) is 42.7 Å². The summed E-state index contributed by atoms with van der Waals surface area (Å²) in [6, 6.07) is 10.3. The summed E-state index contributed by atoms with van der Waals surface area (Å²) in [5, 5.41) is 17.1. The number of nitrogens with zero attached hydrogens (tertiary/aromatic N) is 5. The van der Waals surface area contributed by atoms with Crippen LogP contribution in [0, 0.1) is 0 Å². The maximum atomic E-state index is 13.3. The quantitative estimate of drug-likeness (QED) is 0.393. The number of ether oxygens (including phenoxy) is 3. The lowest BCUT2D eigenvalue weighted by molar-refractivity contribution is -0.0394. The van der Waals surface area contributed by atoms with Crippen molar-refractivity contribution < 1.29 is 18.6 Å². The monoisotopic (exact) mass is 522 g/mol. The largest absolute Gasteiger partial charge is 0.467 e. The molecule has 2 atom stereocenters. The molecule has 0 bridgehead atoms. The van der Waals surface area contributed by atoms with Crippen molar-refractivity contribution in [3.8, 4) is 28.1 Å². The molecular formula is C28H35FN6O3.